The highest BCUT2D eigenvalue weighted by molar-refractivity contribution is 6.19. The van der Waals surface area contributed by atoms with Gasteiger partial charge in [-0.25, -0.2) is 4.98 Å². The Bertz CT molecular complexity index is 3220. The van der Waals surface area contributed by atoms with Crippen LogP contribution in [0.3, 0.4) is 0 Å². The number of hydrogen-bond acceptors (Lipinski definition) is 4. The molecule has 4 nitrogen and oxygen atoms in total. The topological polar surface area (TPSA) is 42.4 Å². The third-order valence-corrected chi connectivity index (χ3v) is 10.9. The van der Waals surface area contributed by atoms with Crippen LogP contribution in [0.2, 0.25) is 0 Å². The van der Waals surface area contributed by atoms with Crippen LogP contribution in [0.25, 0.3) is 88.6 Å². The second-order valence-electron chi connectivity index (χ2n) is 14.3. The molecule has 0 amide bonds. The van der Waals surface area contributed by atoms with E-state index in [1.54, 1.807) is 0 Å². The van der Waals surface area contributed by atoms with E-state index < -0.39 is 0 Å². The SMILES string of the molecule is c1ccc(-c2ccc(N(c3ccc(-c4c5oc(-c6ccccc6)nc5cc5oc6ccccc6c45)cc3)c3ccccc3-c3ccc4ccccc4c3)cc2)cc1. The van der Waals surface area contributed by atoms with Gasteiger partial charge in [0, 0.05) is 44.9 Å². The third kappa shape index (κ3) is 5.74. The van der Waals surface area contributed by atoms with E-state index in [0.29, 0.717) is 5.89 Å². The molecule has 2 aromatic heterocycles. The molecule has 0 aliphatic heterocycles. The van der Waals surface area contributed by atoms with Crippen LogP contribution in [0, 0.1) is 0 Å². The fourth-order valence-electron chi connectivity index (χ4n) is 8.16. The number of oxazole rings is 1. The van der Waals surface area contributed by atoms with Gasteiger partial charge in [-0.2, -0.15) is 0 Å². The van der Waals surface area contributed by atoms with Gasteiger partial charge in [-0.05, 0) is 87.6 Å². The molecule has 11 rings (SSSR count). The van der Waals surface area contributed by atoms with Crippen LogP contribution < -0.4 is 4.90 Å². The number of furan rings is 1. The number of aromatic nitrogens is 1. The quantitative estimate of drug-likeness (QED) is 0.164. The zero-order chi connectivity index (χ0) is 37.7. The predicted octanol–water partition coefficient (Wildman–Crippen LogP) is 15.0. The lowest BCUT2D eigenvalue weighted by Gasteiger charge is -2.28. The van der Waals surface area contributed by atoms with Crippen LogP contribution >= 0.6 is 0 Å². The van der Waals surface area contributed by atoms with Gasteiger partial charge in [0.1, 0.15) is 16.7 Å². The fraction of sp³-hybridized carbons (Fsp3) is 0. The van der Waals surface area contributed by atoms with Gasteiger partial charge in [0.25, 0.3) is 0 Å². The zero-order valence-corrected chi connectivity index (χ0v) is 30.8. The molecule has 268 valence electrons. The van der Waals surface area contributed by atoms with Gasteiger partial charge in [0.05, 0.1) is 5.69 Å². The highest BCUT2D eigenvalue weighted by Gasteiger charge is 2.23. The first-order valence-corrected chi connectivity index (χ1v) is 19.2. The summed E-state index contributed by atoms with van der Waals surface area (Å²) in [6.45, 7) is 0. The third-order valence-electron chi connectivity index (χ3n) is 10.9. The summed E-state index contributed by atoms with van der Waals surface area (Å²) in [7, 11) is 0. The molecule has 4 heteroatoms. The first kappa shape index (κ1) is 32.7. The lowest BCUT2D eigenvalue weighted by Crippen LogP contribution is -2.11. The van der Waals surface area contributed by atoms with E-state index in [4.69, 9.17) is 13.8 Å². The van der Waals surface area contributed by atoms with E-state index in [1.165, 1.54) is 21.9 Å². The number of rotatable bonds is 7. The Kier molecular flexibility index (Phi) is 7.78. The summed E-state index contributed by atoms with van der Waals surface area (Å²) in [5.74, 6) is 0.579. The minimum Gasteiger partial charge on any atom is -0.456 e. The Morgan fingerprint density at radius 3 is 1.77 bits per heavy atom. The van der Waals surface area contributed by atoms with Crippen molar-refractivity contribution in [1.82, 2.24) is 4.98 Å². The molecule has 0 fully saturated rings. The van der Waals surface area contributed by atoms with Gasteiger partial charge < -0.3 is 13.7 Å². The Hall–Kier alpha value is -7.69. The monoisotopic (exact) mass is 730 g/mol. The molecular formula is C53H34N2O2. The first-order valence-electron chi connectivity index (χ1n) is 19.2. The van der Waals surface area contributed by atoms with Gasteiger partial charge in [-0.1, -0.05) is 146 Å². The lowest BCUT2D eigenvalue weighted by atomic mass is 9.97. The molecule has 9 aromatic carbocycles. The largest absolute Gasteiger partial charge is 0.456 e. The van der Waals surface area contributed by atoms with Crippen molar-refractivity contribution in [2.45, 2.75) is 0 Å². The molecule has 2 heterocycles. The molecule has 0 radical (unpaired) electrons. The summed E-state index contributed by atoms with van der Waals surface area (Å²) in [5, 5.41) is 4.48. The molecular weight excluding hydrogens is 697 g/mol. The highest BCUT2D eigenvalue weighted by atomic mass is 16.4. The number of anilines is 3. The summed E-state index contributed by atoms with van der Waals surface area (Å²) in [4.78, 5) is 7.32. The van der Waals surface area contributed by atoms with Crippen molar-refractivity contribution in [2.75, 3.05) is 4.90 Å². The summed E-state index contributed by atoms with van der Waals surface area (Å²) in [6, 6.07) is 72.3. The van der Waals surface area contributed by atoms with Crippen LogP contribution in [0.15, 0.2) is 215 Å². The molecule has 57 heavy (non-hydrogen) atoms. The van der Waals surface area contributed by atoms with E-state index in [2.05, 4.69) is 163 Å². The van der Waals surface area contributed by atoms with E-state index in [0.717, 1.165) is 77.9 Å². The molecule has 0 atom stereocenters. The molecule has 0 spiro atoms. The summed E-state index contributed by atoms with van der Waals surface area (Å²) >= 11 is 0. The summed E-state index contributed by atoms with van der Waals surface area (Å²) in [6.07, 6.45) is 0. The first-order chi connectivity index (χ1) is 28.2. The van der Waals surface area contributed by atoms with E-state index in [-0.39, 0.29) is 0 Å². The Morgan fingerprint density at radius 2 is 1.00 bits per heavy atom. The standard InChI is InChI=1S/C53H34N2O2/c1-3-13-35(14-4-1)37-25-29-42(30-26-37)55(47-21-11-9-19-44(47)41-24-23-36-15-7-8-18-40(36)33-41)43-31-27-38(28-32-43)50-51-45-20-10-12-22-48(45)56-49(51)34-46-52(50)57-53(54-46)39-16-5-2-6-17-39/h1-34H. The minimum atomic E-state index is 0.579. The molecule has 0 bridgehead atoms. The summed E-state index contributed by atoms with van der Waals surface area (Å²) < 4.78 is 13.1. The minimum absolute atomic E-state index is 0.579. The lowest BCUT2D eigenvalue weighted by molar-refractivity contribution is 0.621. The normalized spacial score (nSPS) is 11.5. The molecule has 11 aromatic rings. The molecule has 0 saturated heterocycles. The van der Waals surface area contributed by atoms with Crippen molar-refractivity contribution in [3.8, 4) is 44.8 Å². The Labute approximate surface area is 329 Å². The zero-order valence-electron chi connectivity index (χ0n) is 30.8. The van der Waals surface area contributed by atoms with Crippen LogP contribution in [0.5, 0.6) is 0 Å². The molecule has 0 unspecified atom stereocenters. The van der Waals surface area contributed by atoms with Crippen molar-refractivity contribution >= 4 is 60.9 Å². The molecule has 0 N–H and O–H groups in total. The molecule has 0 saturated carbocycles. The van der Waals surface area contributed by atoms with Crippen molar-refractivity contribution in [3.63, 3.8) is 0 Å². The second kappa shape index (κ2) is 13.6. The van der Waals surface area contributed by atoms with Crippen LogP contribution in [-0.2, 0) is 0 Å². The average molecular weight is 731 g/mol. The van der Waals surface area contributed by atoms with Gasteiger partial charge in [0.2, 0.25) is 5.89 Å². The second-order valence-corrected chi connectivity index (χ2v) is 14.3. The Morgan fingerprint density at radius 1 is 0.404 bits per heavy atom. The van der Waals surface area contributed by atoms with E-state index >= 15 is 0 Å². The maximum Gasteiger partial charge on any atom is 0.227 e. The maximum atomic E-state index is 6.66. The summed E-state index contributed by atoms with van der Waals surface area (Å²) in [5.41, 5.74) is 13.8. The number of hydrogen-bond donors (Lipinski definition) is 0. The number of para-hydroxylation sites is 2. The molecule has 0 aliphatic rings. The van der Waals surface area contributed by atoms with Gasteiger partial charge in [0.15, 0.2) is 5.58 Å². The van der Waals surface area contributed by atoms with Gasteiger partial charge in [-0.3, -0.25) is 0 Å². The number of benzene rings is 9. The molecule has 0 aliphatic carbocycles. The van der Waals surface area contributed by atoms with Gasteiger partial charge >= 0.3 is 0 Å². The van der Waals surface area contributed by atoms with E-state index in [9.17, 15) is 0 Å². The van der Waals surface area contributed by atoms with Crippen molar-refractivity contribution < 1.29 is 8.83 Å². The van der Waals surface area contributed by atoms with Gasteiger partial charge in [-0.15, -0.1) is 0 Å². The van der Waals surface area contributed by atoms with Crippen LogP contribution in [-0.4, -0.2) is 4.98 Å². The van der Waals surface area contributed by atoms with E-state index in [1.807, 2.05) is 48.5 Å². The van der Waals surface area contributed by atoms with Crippen LogP contribution in [0.1, 0.15) is 0 Å². The Balaban J connectivity index is 1.09. The van der Waals surface area contributed by atoms with Crippen molar-refractivity contribution in [1.29, 1.82) is 0 Å². The number of fused-ring (bicyclic) bond motifs is 5. The smallest absolute Gasteiger partial charge is 0.227 e. The van der Waals surface area contributed by atoms with Crippen molar-refractivity contribution in [3.05, 3.63) is 206 Å². The predicted molar refractivity (Wildman–Crippen MR) is 235 cm³/mol. The average Bonchev–Trinajstić information content (AvgIpc) is 3.88. The maximum absolute atomic E-state index is 6.66. The van der Waals surface area contributed by atoms with Crippen molar-refractivity contribution in [2.24, 2.45) is 0 Å². The fourth-order valence-corrected chi connectivity index (χ4v) is 8.16. The number of nitrogens with zero attached hydrogens (tertiary/aromatic N) is 2. The highest BCUT2D eigenvalue weighted by Crippen LogP contribution is 2.46. The van der Waals surface area contributed by atoms with Crippen LogP contribution in [0.4, 0.5) is 17.1 Å².